The zero-order valence-electron chi connectivity index (χ0n) is 50.5. The number of thiophene rings is 11. The summed E-state index contributed by atoms with van der Waals surface area (Å²) in [6.45, 7) is 11.3. The molecule has 0 saturated carbocycles. The minimum absolute atomic E-state index is 0. The molecule has 0 radical (unpaired) electrons. The minimum atomic E-state index is 0. The molecule has 0 amide bonds. The van der Waals surface area contributed by atoms with Crippen LogP contribution in [0.25, 0.3) is 37.6 Å². The van der Waals surface area contributed by atoms with E-state index in [0.717, 1.165) is 14.6 Å². The maximum absolute atomic E-state index is 5.30. The lowest BCUT2D eigenvalue weighted by Crippen LogP contribution is -1.80. The van der Waals surface area contributed by atoms with E-state index in [1.807, 2.05) is 119 Å². The largest absolute Gasteiger partial charge is 0.149 e. The molecule has 11 aromatic heterocycles. The lowest BCUT2D eigenvalue weighted by atomic mass is 10.1. The van der Waals surface area contributed by atoms with Gasteiger partial charge in [-0.1, -0.05) is 150 Å². The number of hydrogen-bond donors (Lipinski definition) is 0. The van der Waals surface area contributed by atoms with E-state index < -0.39 is 0 Å². The van der Waals surface area contributed by atoms with Crippen LogP contribution >= 0.6 is 192 Å². The number of rotatable bonds is 25. The third-order valence-corrected chi connectivity index (χ3v) is 28.9. The first-order valence-electron chi connectivity index (χ1n) is 30.8. The van der Waals surface area contributed by atoms with Crippen molar-refractivity contribution in [1.29, 1.82) is 0 Å². The molecule has 0 aliphatic carbocycles. The van der Waals surface area contributed by atoms with Crippen molar-refractivity contribution >= 4 is 230 Å². The van der Waals surface area contributed by atoms with E-state index >= 15 is 0 Å². The van der Waals surface area contributed by atoms with Crippen molar-refractivity contribution in [3.8, 4) is 36.0 Å². The fourth-order valence-corrected chi connectivity index (χ4v) is 24.1. The van der Waals surface area contributed by atoms with Crippen molar-refractivity contribution in [3.05, 3.63) is 148 Å². The molecule has 0 aromatic carbocycles. The van der Waals surface area contributed by atoms with E-state index in [4.69, 9.17) is 6.42 Å². The molecule has 0 nitrogen and oxygen atoms in total. The number of aryl methyl sites for hydroxylation is 5. The Bertz CT molecular complexity index is 3650. The van der Waals surface area contributed by atoms with Crippen LogP contribution in [0.3, 0.4) is 0 Å². The highest BCUT2D eigenvalue weighted by atomic mass is 127. The average molecular weight is 1700 g/mol. The van der Waals surface area contributed by atoms with Gasteiger partial charge in [0.2, 0.25) is 0 Å². The number of unbranched alkanes of at least 4 members (excludes halogenated alkanes) is 15. The van der Waals surface area contributed by atoms with Gasteiger partial charge in [0.1, 0.15) is 0 Å². The van der Waals surface area contributed by atoms with Crippen molar-refractivity contribution in [3.63, 3.8) is 0 Å². The van der Waals surface area contributed by atoms with Crippen LogP contribution in [0.2, 0.25) is 0 Å². The van der Waals surface area contributed by atoms with Crippen LogP contribution in [0.5, 0.6) is 0 Å². The Balaban J connectivity index is 0.000000198. The van der Waals surface area contributed by atoms with E-state index in [-0.39, 0.29) is 7.43 Å². The van der Waals surface area contributed by atoms with Gasteiger partial charge in [0.05, 0.1) is 51.8 Å². The van der Waals surface area contributed by atoms with Gasteiger partial charge >= 0.3 is 0 Å². The van der Waals surface area contributed by atoms with Gasteiger partial charge in [-0.05, 0) is 240 Å². The van der Waals surface area contributed by atoms with E-state index in [2.05, 4.69) is 216 Å². The number of halogens is 3. The normalized spacial score (nSPS) is 10.7. The van der Waals surface area contributed by atoms with Gasteiger partial charge in [-0.3, -0.25) is 0 Å². The third-order valence-electron chi connectivity index (χ3n) is 13.9. The molecular formula is C73H85I3S11. The molecule has 0 unspecified atom stereocenters. The van der Waals surface area contributed by atoms with Crippen molar-refractivity contribution in [1.82, 2.24) is 0 Å². The van der Waals surface area contributed by atoms with Crippen LogP contribution in [0.1, 0.15) is 219 Å². The molecule has 0 bridgehead atoms. The highest BCUT2D eigenvalue weighted by Gasteiger charge is 2.14. The summed E-state index contributed by atoms with van der Waals surface area (Å²) in [5, 5.41) is 2.16. The molecule has 87 heavy (non-hydrogen) atoms. The number of hydrogen-bond acceptors (Lipinski definition) is 11. The van der Waals surface area contributed by atoms with Gasteiger partial charge in [-0.15, -0.1) is 131 Å². The molecule has 0 aliphatic rings. The van der Waals surface area contributed by atoms with Gasteiger partial charge < -0.3 is 0 Å². The van der Waals surface area contributed by atoms with Crippen molar-refractivity contribution < 1.29 is 0 Å². The zero-order valence-corrected chi connectivity index (χ0v) is 66.0. The van der Waals surface area contributed by atoms with Crippen LogP contribution in [0, 0.1) is 44.7 Å². The average Bonchev–Trinajstić information content (AvgIpc) is 1.70. The maximum Gasteiger partial charge on any atom is 0.0794 e. The fraction of sp³-hybridized carbons (Fsp3) is 0.425. The van der Waals surface area contributed by atoms with E-state index in [1.54, 1.807) is 21.1 Å². The van der Waals surface area contributed by atoms with Crippen LogP contribution in [0.4, 0.5) is 0 Å². The Labute approximate surface area is 608 Å². The summed E-state index contributed by atoms with van der Waals surface area (Å²) in [6.07, 6.45) is 38.3. The lowest BCUT2D eigenvalue weighted by molar-refractivity contribution is 0.670. The smallest absolute Gasteiger partial charge is 0.0794 e. The Morgan fingerprint density at radius 2 is 0.667 bits per heavy atom. The fourth-order valence-electron chi connectivity index (χ4n) is 9.30. The topological polar surface area (TPSA) is 0 Å². The van der Waals surface area contributed by atoms with Gasteiger partial charge in [0.15, 0.2) is 0 Å². The monoisotopic (exact) mass is 1690 g/mol. The predicted octanol–water partition coefficient (Wildman–Crippen LogP) is 29.6. The van der Waals surface area contributed by atoms with Crippen LogP contribution < -0.4 is 0 Å². The van der Waals surface area contributed by atoms with E-state index in [1.165, 1.54) is 231 Å². The standard InChI is InChI=1S/C32H32S5.C12H16S.C10H15IS.C10H16S.C8H2I2S3.CH4/c1-3-5-7-9-11-23-13-15-25(33-23)17-19-27-21-29-31(35-27)32-30(37-29)22-28(36-32)20-18-26-16-14-24(34-26)12-10-8-6-4-2;1-3-5-6-7-8-12-10-9-11(4-2)13-12;1-2-3-4-5-6-9-7-8-10(11)12-9;1-2-3-4-5-7-10-8-6-9-11-10;9-5-1-3-7(12-5)8-4(11-3)2-6(10)13-8;/h13-16,21-22H,3-12H2,1-2H3;2,9-10H,3,5-8H2,1H3;7-8H,2-6H2,1H3;6,8-9H,2-5,7H2,1H3;1-2H;1H4. The quantitative estimate of drug-likeness (QED) is 0.0304. The van der Waals surface area contributed by atoms with E-state index in [0.29, 0.717) is 0 Å². The molecular weight excluding hydrogens is 1610 g/mol. The SMILES string of the molecule is C.C#Cc1ccc(CCCCCC)s1.CCCCCCc1ccc(C#Cc2cc3sc4cc(C#Cc5ccc(CCCCCC)s5)sc4c3s2)s1.CCCCCCc1ccc(I)s1.CCCCCCc1cccs1.Ic1cc2sc3cc(I)sc3c2s1. The summed E-state index contributed by atoms with van der Waals surface area (Å²) in [7, 11) is 0. The molecule has 0 aliphatic heterocycles. The van der Waals surface area contributed by atoms with Crippen LogP contribution in [-0.2, 0) is 32.1 Å². The van der Waals surface area contributed by atoms with Gasteiger partial charge in [0, 0.05) is 43.2 Å². The van der Waals surface area contributed by atoms with Gasteiger partial charge in [-0.2, -0.15) is 0 Å². The molecule has 11 rings (SSSR count). The second kappa shape index (κ2) is 42.8. The zero-order chi connectivity index (χ0) is 60.7. The summed E-state index contributed by atoms with van der Waals surface area (Å²) in [5.41, 5.74) is 0. The van der Waals surface area contributed by atoms with Crippen molar-refractivity contribution in [2.24, 2.45) is 0 Å². The first kappa shape index (κ1) is 74.6. The Hall–Kier alpha value is -1.39. The molecule has 11 heterocycles. The summed E-state index contributed by atoms with van der Waals surface area (Å²) in [4.78, 5) is 13.2. The van der Waals surface area contributed by atoms with Gasteiger partial charge in [-0.25, -0.2) is 0 Å². The van der Waals surface area contributed by atoms with Crippen LogP contribution in [0.15, 0.2) is 90.3 Å². The Morgan fingerprint density at radius 1 is 0.322 bits per heavy atom. The molecule has 0 saturated heterocycles. The second-order valence-electron chi connectivity index (χ2n) is 21.1. The molecule has 11 aromatic rings. The predicted molar refractivity (Wildman–Crippen MR) is 436 cm³/mol. The van der Waals surface area contributed by atoms with Crippen LogP contribution in [-0.4, -0.2) is 0 Å². The first-order chi connectivity index (χ1) is 42.1. The Kier molecular flexibility index (Phi) is 36.7. The maximum atomic E-state index is 5.30. The summed E-state index contributed by atoms with van der Waals surface area (Å²) in [6, 6.07) is 31.0. The highest BCUT2D eigenvalue weighted by molar-refractivity contribution is 14.1. The van der Waals surface area contributed by atoms with Crippen molar-refractivity contribution in [2.45, 2.75) is 203 Å². The highest BCUT2D eigenvalue weighted by Crippen LogP contribution is 2.45. The second-order valence-corrected chi connectivity index (χ2v) is 38.8. The molecule has 464 valence electrons. The number of terminal acetylenes is 1. The Morgan fingerprint density at radius 3 is 1.02 bits per heavy atom. The summed E-state index contributed by atoms with van der Waals surface area (Å²) >= 11 is 27.7. The lowest BCUT2D eigenvalue weighted by Gasteiger charge is -1.96. The third kappa shape index (κ3) is 26.5. The molecule has 0 fully saturated rings. The molecule has 14 heteroatoms. The minimum Gasteiger partial charge on any atom is -0.149 e. The summed E-state index contributed by atoms with van der Waals surface area (Å²) < 4.78 is 15.5. The molecule has 0 N–H and O–H groups in total. The first-order valence-corrected chi connectivity index (χ1v) is 43.1. The number of fused-ring (bicyclic) bond motifs is 6. The van der Waals surface area contributed by atoms with E-state index in [9.17, 15) is 0 Å². The summed E-state index contributed by atoms with van der Waals surface area (Å²) in [5.74, 6) is 16.4. The van der Waals surface area contributed by atoms with Crippen molar-refractivity contribution in [2.75, 3.05) is 0 Å². The van der Waals surface area contributed by atoms with Gasteiger partial charge in [0.25, 0.3) is 0 Å². The molecule has 0 spiro atoms. The molecule has 0 atom stereocenters.